The molecule has 0 saturated heterocycles. The minimum Gasteiger partial charge on any atom is -0.354 e. The van der Waals surface area contributed by atoms with Gasteiger partial charge in [0.15, 0.2) is 0 Å². The minimum absolute atomic E-state index is 0.0502. The van der Waals surface area contributed by atoms with E-state index in [0.29, 0.717) is 25.9 Å². The molecule has 4 nitrogen and oxygen atoms in total. The number of nitrogens with one attached hydrogen (secondary N) is 2. The summed E-state index contributed by atoms with van der Waals surface area (Å²) in [6, 6.07) is 10.0. The average Bonchev–Trinajstić information content (AvgIpc) is 2.63. The topological polar surface area (TPSA) is 58.2 Å². The molecule has 0 aliphatic heterocycles. The van der Waals surface area contributed by atoms with Gasteiger partial charge in [0, 0.05) is 25.9 Å². The Morgan fingerprint density at radius 2 is 1.41 bits per heavy atom. The molecule has 4 aliphatic rings. The molecule has 27 heavy (non-hydrogen) atoms. The third-order valence-corrected chi connectivity index (χ3v) is 6.95. The molecule has 4 fully saturated rings. The number of rotatable bonds is 8. The molecule has 2 N–H and O–H groups in total. The summed E-state index contributed by atoms with van der Waals surface area (Å²) in [5.41, 5.74) is 1.47. The maximum Gasteiger partial charge on any atom is 0.220 e. The monoisotopic (exact) mass is 368 g/mol. The predicted molar refractivity (Wildman–Crippen MR) is 106 cm³/mol. The van der Waals surface area contributed by atoms with E-state index in [9.17, 15) is 9.59 Å². The molecule has 0 heterocycles. The molecular weight excluding hydrogens is 336 g/mol. The lowest BCUT2D eigenvalue weighted by atomic mass is 9.49. The quantitative estimate of drug-likeness (QED) is 0.691. The van der Waals surface area contributed by atoms with Crippen LogP contribution in [0.2, 0.25) is 0 Å². The van der Waals surface area contributed by atoms with Crippen LogP contribution in [0.3, 0.4) is 0 Å². The fourth-order valence-electron chi connectivity index (χ4n) is 6.30. The first kappa shape index (κ1) is 18.5. The van der Waals surface area contributed by atoms with E-state index in [1.807, 2.05) is 30.3 Å². The first-order chi connectivity index (χ1) is 13.1. The van der Waals surface area contributed by atoms with E-state index in [1.165, 1.54) is 44.1 Å². The van der Waals surface area contributed by atoms with Gasteiger partial charge in [0.2, 0.25) is 11.8 Å². The van der Waals surface area contributed by atoms with Gasteiger partial charge in [-0.05, 0) is 73.7 Å². The smallest absolute Gasteiger partial charge is 0.220 e. The lowest BCUT2D eigenvalue weighted by molar-refractivity contribution is -0.129. The van der Waals surface area contributed by atoms with E-state index in [1.54, 1.807) is 0 Å². The maximum atomic E-state index is 12.5. The van der Waals surface area contributed by atoms with Gasteiger partial charge in [0.1, 0.15) is 0 Å². The zero-order chi connectivity index (χ0) is 18.7. The number of amides is 2. The second-order valence-electron chi connectivity index (χ2n) is 9.28. The lowest BCUT2D eigenvalue weighted by Gasteiger charge is -2.56. The molecule has 4 aliphatic carbocycles. The Kier molecular flexibility index (Phi) is 5.51. The Morgan fingerprint density at radius 1 is 0.852 bits per heavy atom. The van der Waals surface area contributed by atoms with Crippen molar-refractivity contribution in [3.63, 3.8) is 0 Å². The highest BCUT2D eigenvalue weighted by atomic mass is 16.2. The largest absolute Gasteiger partial charge is 0.354 e. The SMILES string of the molecule is O=C(CCc1ccccc1)NCCNC(=O)CC12CC3CC(CC(C3)C1)C2. The van der Waals surface area contributed by atoms with Crippen LogP contribution in [0.25, 0.3) is 0 Å². The van der Waals surface area contributed by atoms with Crippen LogP contribution in [0.15, 0.2) is 30.3 Å². The van der Waals surface area contributed by atoms with Crippen molar-refractivity contribution in [2.75, 3.05) is 13.1 Å². The normalized spacial score (nSPS) is 30.9. The molecule has 4 bridgehead atoms. The van der Waals surface area contributed by atoms with Gasteiger partial charge in [-0.3, -0.25) is 9.59 Å². The van der Waals surface area contributed by atoms with Crippen LogP contribution in [0.1, 0.15) is 56.9 Å². The molecule has 0 radical (unpaired) electrons. The van der Waals surface area contributed by atoms with Crippen LogP contribution in [0.5, 0.6) is 0 Å². The first-order valence-corrected chi connectivity index (χ1v) is 10.7. The Bertz CT molecular complexity index is 635. The zero-order valence-corrected chi connectivity index (χ0v) is 16.2. The molecule has 146 valence electrons. The summed E-state index contributed by atoms with van der Waals surface area (Å²) in [7, 11) is 0. The first-order valence-electron chi connectivity index (χ1n) is 10.7. The van der Waals surface area contributed by atoms with E-state index >= 15 is 0 Å². The molecular formula is C23H32N2O2. The number of benzene rings is 1. The molecule has 0 atom stereocenters. The summed E-state index contributed by atoms with van der Waals surface area (Å²) in [6.45, 7) is 1.04. The molecule has 5 rings (SSSR count). The van der Waals surface area contributed by atoms with Crippen LogP contribution in [-0.4, -0.2) is 24.9 Å². The molecule has 0 aromatic heterocycles. The van der Waals surface area contributed by atoms with E-state index in [2.05, 4.69) is 10.6 Å². The van der Waals surface area contributed by atoms with Gasteiger partial charge in [0.25, 0.3) is 0 Å². The summed E-state index contributed by atoms with van der Waals surface area (Å²) in [5.74, 6) is 2.87. The van der Waals surface area contributed by atoms with Crippen molar-refractivity contribution in [1.29, 1.82) is 0 Å². The van der Waals surface area contributed by atoms with E-state index < -0.39 is 0 Å². The van der Waals surface area contributed by atoms with Gasteiger partial charge >= 0.3 is 0 Å². The Morgan fingerprint density at radius 3 is 2.00 bits per heavy atom. The van der Waals surface area contributed by atoms with Crippen molar-refractivity contribution in [3.8, 4) is 0 Å². The van der Waals surface area contributed by atoms with Gasteiger partial charge in [-0.15, -0.1) is 0 Å². The van der Waals surface area contributed by atoms with Gasteiger partial charge in [-0.1, -0.05) is 30.3 Å². The molecule has 1 aromatic carbocycles. The van der Waals surface area contributed by atoms with Crippen molar-refractivity contribution >= 4 is 11.8 Å². The van der Waals surface area contributed by atoms with E-state index in [-0.39, 0.29) is 17.2 Å². The number of aryl methyl sites for hydroxylation is 1. The molecule has 0 unspecified atom stereocenters. The molecule has 0 spiro atoms. The summed E-state index contributed by atoms with van der Waals surface area (Å²) in [5, 5.41) is 5.95. The van der Waals surface area contributed by atoms with Crippen LogP contribution < -0.4 is 10.6 Å². The summed E-state index contributed by atoms with van der Waals surface area (Å²) in [4.78, 5) is 24.4. The highest BCUT2D eigenvalue weighted by Crippen LogP contribution is 2.61. The third kappa shape index (κ3) is 4.72. The van der Waals surface area contributed by atoms with Gasteiger partial charge < -0.3 is 10.6 Å². The molecule has 1 aromatic rings. The fourth-order valence-corrected chi connectivity index (χ4v) is 6.30. The van der Waals surface area contributed by atoms with Crippen LogP contribution in [-0.2, 0) is 16.0 Å². The van der Waals surface area contributed by atoms with Gasteiger partial charge in [-0.25, -0.2) is 0 Å². The lowest BCUT2D eigenvalue weighted by Crippen LogP contribution is -2.48. The second kappa shape index (κ2) is 8.04. The van der Waals surface area contributed by atoms with Crippen LogP contribution in [0.4, 0.5) is 0 Å². The second-order valence-corrected chi connectivity index (χ2v) is 9.28. The van der Waals surface area contributed by atoms with Crippen molar-refractivity contribution in [2.24, 2.45) is 23.2 Å². The Labute approximate surface area is 162 Å². The highest BCUT2D eigenvalue weighted by Gasteiger charge is 2.51. The number of hydrogen-bond donors (Lipinski definition) is 2. The zero-order valence-electron chi connectivity index (χ0n) is 16.2. The Hall–Kier alpha value is -1.84. The summed E-state index contributed by atoms with van der Waals surface area (Å²) in [6.07, 6.45) is 9.98. The van der Waals surface area contributed by atoms with E-state index in [0.717, 1.165) is 24.2 Å². The average molecular weight is 369 g/mol. The summed E-state index contributed by atoms with van der Waals surface area (Å²) >= 11 is 0. The molecule has 4 saturated carbocycles. The van der Waals surface area contributed by atoms with Crippen molar-refractivity contribution in [3.05, 3.63) is 35.9 Å². The number of carbonyl (C=O) groups excluding carboxylic acids is 2. The van der Waals surface area contributed by atoms with E-state index in [4.69, 9.17) is 0 Å². The standard InChI is InChI=1S/C23H32N2O2/c26-21(7-6-17-4-2-1-3-5-17)24-8-9-25-22(27)16-23-13-18-10-19(14-23)12-20(11-18)15-23/h1-5,18-20H,6-16H2,(H,24,26)(H,25,27). The van der Waals surface area contributed by atoms with Crippen LogP contribution in [0, 0.1) is 23.2 Å². The maximum absolute atomic E-state index is 12.5. The predicted octanol–water partition coefficient (Wildman–Crippen LogP) is 3.46. The Balaban J connectivity index is 1.13. The third-order valence-electron chi connectivity index (χ3n) is 6.95. The van der Waals surface area contributed by atoms with Crippen molar-refractivity contribution in [1.82, 2.24) is 10.6 Å². The molecule has 2 amide bonds. The number of hydrogen-bond acceptors (Lipinski definition) is 2. The van der Waals surface area contributed by atoms with Gasteiger partial charge in [0.05, 0.1) is 0 Å². The highest BCUT2D eigenvalue weighted by molar-refractivity contribution is 5.77. The number of carbonyl (C=O) groups is 2. The van der Waals surface area contributed by atoms with Crippen molar-refractivity contribution < 1.29 is 9.59 Å². The van der Waals surface area contributed by atoms with Crippen LogP contribution >= 0.6 is 0 Å². The van der Waals surface area contributed by atoms with Crippen molar-refractivity contribution in [2.45, 2.75) is 57.8 Å². The van der Waals surface area contributed by atoms with Gasteiger partial charge in [-0.2, -0.15) is 0 Å². The minimum atomic E-state index is 0.0502. The molecule has 4 heteroatoms. The fraction of sp³-hybridized carbons (Fsp3) is 0.652. The summed E-state index contributed by atoms with van der Waals surface area (Å²) < 4.78 is 0.